The van der Waals surface area contributed by atoms with E-state index in [-0.39, 0.29) is 0 Å². The molecule has 5 aliphatic carbocycles. The largest absolute Gasteiger partial charge is 0.0628 e. The third-order valence-electron chi connectivity index (χ3n) is 9.87. The van der Waals surface area contributed by atoms with E-state index >= 15 is 0 Å². The number of hydrogen-bond acceptors (Lipinski definition) is 0. The summed E-state index contributed by atoms with van der Waals surface area (Å²) in [7, 11) is 0. The third kappa shape index (κ3) is 24.1. The van der Waals surface area contributed by atoms with Gasteiger partial charge in [-0.05, 0) is 115 Å². The van der Waals surface area contributed by atoms with Gasteiger partial charge in [0.15, 0.2) is 0 Å². The van der Waals surface area contributed by atoms with Gasteiger partial charge >= 0.3 is 0 Å². The zero-order valence-corrected chi connectivity index (χ0v) is 31.2. The van der Waals surface area contributed by atoms with Gasteiger partial charge in [0, 0.05) is 0 Å². The lowest BCUT2D eigenvalue weighted by Gasteiger charge is -2.43. The van der Waals surface area contributed by atoms with E-state index in [9.17, 15) is 0 Å². The van der Waals surface area contributed by atoms with Crippen molar-refractivity contribution in [2.24, 2.45) is 64.1 Å². The minimum Gasteiger partial charge on any atom is -0.0628 e. The minimum absolute atomic E-state index is 0.680. The van der Waals surface area contributed by atoms with Gasteiger partial charge in [-0.3, -0.25) is 0 Å². The van der Waals surface area contributed by atoms with Gasteiger partial charge < -0.3 is 0 Å². The maximum atomic E-state index is 2.40. The summed E-state index contributed by atoms with van der Waals surface area (Å²) in [4.78, 5) is 0. The Bertz CT molecular complexity index is 606. The van der Waals surface area contributed by atoms with E-state index in [0.717, 1.165) is 58.7 Å². The summed E-state index contributed by atoms with van der Waals surface area (Å²) in [6.07, 6.45) is 25.2. The van der Waals surface area contributed by atoms with Crippen molar-refractivity contribution in [1.82, 2.24) is 0 Å². The highest BCUT2D eigenvalue weighted by Gasteiger charge is 2.37. The maximum absolute atomic E-state index is 2.40. The van der Waals surface area contributed by atoms with Crippen LogP contribution in [-0.2, 0) is 0 Å². The summed E-state index contributed by atoms with van der Waals surface area (Å²) >= 11 is 0. The van der Waals surface area contributed by atoms with Crippen LogP contribution in [0.4, 0.5) is 0 Å². The average Bonchev–Trinajstić information content (AvgIpc) is 3.63. The molecule has 0 aliphatic heterocycles. The normalized spacial score (nSPS) is 22.4. The van der Waals surface area contributed by atoms with Crippen LogP contribution < -0.4 is 0 Å². The Hall–Kier alpha value is 0. The first-order valence-corrected chi connectivity index (χ1v) is 19.0. The smallest absolute Gasteiger partial charge is 0.0323 e. The van der Waals surface area contributed by atoms with Crippen molar-refractivity contribution in [1.29, 1.82) is 0 Å². The highest BCUT2D eigenvalue weighted by molar-refractivity contribution is 4.88. The summed E-state index contributed by atoms with van der Waals surface area (Å²) in [5, 5.41) is 0. The Morgan fingerprint density at radius 3 is 1.12 bits per heavy atom. The van der Waals surface area contributed by atoms with Crippen LogP contribution in [0.2, 0.25) is 0 Å². The molecule has 0 unspecified atom stereocenters. The summed E-state index contributed by atoms with van der Waals surface area (Å²) in [5.41, 5.74) is 1.45. The Morgan fingerprint density at radius 2 is 0.902 bits per heavy atom. The van der Waals surface area contributed by atoms with Crippen molar-refractivity contribution in [2.75, 3.05) is 0 Å². The highest BCUT2D eigenvalue weighted by Crippen LogP contribution is 2.50. The molecule has 0 radical (unpaired) electrons. The topological polar surface area (TPSA) is 0 Å². The SMILES string of the molecule is CC(C)CC1(C)CC1.CC(C)CC1CC(C)(C)C1.CC(C)CC1CC1.CC(C)CC1CCC1.CC(C)CCC1CC1. The Kier molecular flexibility index (Phi) is 18.5. The van der Waals surface area contributed by atoms with Crippen LogP contribution in [0.25, 0.3) is 0 Å². The molecule has 5 aliphatic rings. The second kappa shape index (κ2) is 19.4. The maximum Gasteiger partial charge on any atom is -0.0323 e. The predicted octanol–water partition coefficient (Wildman–Crippen LogP) is 14.4. The van der Waals surface area contributed by atoms with Gasteiger partial charge in [0.2, 0.25) is 0 Å². The van der Waals surface area contributed by atoms with Gasteiger partial charge in [-0.1, -0.05) is 148 Å². The zero-order valence-electron chi connectivity index (χ0n) is 31.2. The summed E-state index contributed by atoms with van der Waals surface area (Å²) in [6, 6.07) is 0. The van der Waals surface area contributed by atoms with Crippen molar-refractivity contribution < 1.29 is 0 Å². The molecular formula is C41H82. The molecule has 0 aromatic carbocycles. The quantitative estimate of drug-likeness (QED) is 0.230. The first kappa shape index (κ1) is 39.0. The van der Waals surface area contributed by atoms with E-state index < -0.39 is 0 Å². The molecule has 0 saturated heterocycles. The predicted molar refractivity (Wildman–Crippen MR) is 189 cm³/mol. The van der Waals surface area contributed by atoms with Crippen LogP contribution in [0.15, 0.2) is 0 Å². The van der Waals surface area contributed by atoms with E-state index in [2.05, 4.69) is 90.0 Å². The fourth-order valence-electron chi connectivity index (χ4n) is 7.13. The molecule has 5 rings (SSSR count). The third-order valence-corrected chi connectivity index (χ3v) is 9.87. The molecule has 5 fully saturated rings. The monoisotopic (exact) mass is 575 g/mol. The van der Waals surface area contributed by atoms with Crippen LogP contribution in [0.5, 0.6) is 0 Å². The molecule has 0 nitrogen and oxygen atoms in total. The Labute approximate surface area is 262 Å². The summed E-state index contributed by atoms with van der Waals surface area (Å²) < 4.78 is 0. The molecule has 0 N–H and O–H groups in total. The van der Waals surface area contributed by atoms with Crippen molar-refractivity contribution in [2.45, 2.75) is 199 Å². The standard InChI is InChI=1S/C10H20.3C8H16.C7H14/c1-8(2)5-9-6-10(3,4)7-9;1-7(2)6-8(3)4-5-8;1-7(2)3-4-8-5-6-8;1-7(2)6-8-4-3-5-8;1-6(2)5-7-3-4-7/h8-9H,5-7H2,1-4H3;7H,4-6H2,1-3H3;2*7-8H,3-6H2,1-2H3;6-7H,3-5H2,1-2H3. The van der Waals surface area contributed by atoms with Gasteiger partial charge in [0.05, 0.1) is 0 Å². The van der Waals surface area contributed by atoms with Gasteiger partial charge in [0.25, 0.3) is 0 Å². The average molecular weight is 575 g/mol. The van der Waals surface area contributed by atoms with Crippen LogP contribution in [0.3, 0.4) is 0 Å². The van der Waals surface area contributed by atoms with Crippen molar-refractivity contribution in [3.05, 3.63) is 0 Å². The molecular weight excluding hydrogens is 492 g/mol. The van der Waals surface area contributed by atoms with Crippen molar-refractivity contribution in [3.8, 4) is 0 Å². The van der Waals surface area contributed by atoms with Crippen LogP contribution in [-0.4, -0.2) is 0 Å². The van der Waals surface area contributed by atoms with E-state index in [1.165, 1.54) is 109 Å². The molecule has 246 valence electrons. The Morgan fingerprint density at radius 1 is 0.488 bits per heavy atom. The molecule has 0 amide bonds. The van der Waals surface area contributed by atoms with E-state index in [4.69, 9.17) is 0 Å². The first-order chi connectivity index (χ1) is 19.0. The number of hydrogen-bond donors (Lipinski definition) is 0. The zero-order chi connectivity index (χ0) is 31.2. The van der Waals surface area contributed by atoms with Crippen LogP contribution >= 0.6 is 0 Å². The van der Waals surface area contributed by atoms with E-state index in [1.807, 2.05) is 0 Å². The van der Waals surface area contributed by atoms with Gasteiger partial charge in [-0.15, -0.1) is 0 Å². The molecule has 0 spiro atoms. The van der Waals surface area contributed by atoms with Gasteiger partial charge in [-0.25, -0.2) is 0 Å². The molecule has 0 heteroatoms. The molecule has 0 heterocycles. The number of rotatable bonds is 11. The minimum atomic E-state index is 0.680. The van der Waals surface area contributed by atoms with Gasteiger partial charge in [0.1, 0.15) is 0 Å². The fourth-order valence-corrected chi connectivity index (χ4v) is 7.13. The second-order valence-corrected chi connectivity index (χ2v) is 18.9. The molecule has 5 saturated carbocycles. The molecule has 0 atom stereocenters. The highest BCUT2D eigenvalue weighted by atomic mass is 14.4. The van der Waals surface area contributed by atoms with Crippen LogP contribution in [0.1, 0.15) is 199 Å². The van der Waals surface area contributed by atoms with E-state index in [0.29, 0.717) is 5.41 Å². The molecule has 0 aromatic rings. The molecule has 0 aromatic heterocycles. The lowest BCUT2D eigenvalue weighted by atomic mass is 9.62. The molecule has 41 heavy (non-hydrogen) atoms. The lowest BCUT2D eigenvalue weighted by molar-refractivity contribution is 0.0800. The van der Waals surface area contributed by atoms with Crippen LogP contribution in [0, 0.1) is 64.1 Å². The van der Waals surface area contributed by atoms with Crippen molar-refractivity contribution in [3.63, 3.8) is 0 Å². The summed E-state index contributed by atoms with van der Waals surface area (Å²) in [6.45, 7) is 30.3. The Balaban J connectivity index is 0.000000257. The lowest BCUT2D eigenvalue weighted by Crippen LogP contribution is -2.32. The molecule has 0 bridgehead atoms. The van der Waals surface area contributed by atoms with Crippen molar-refractivity contribution >= 4 is 0 Å². The second-order valence-electron chi connectivity index (χ2n) is 18.9. The van der Waals surface area contributed by atoms with Gasteiger partial charge in [-0.2, -0.15) is 0 Å². The first-order valence-electron chi connectivity index (χ1n) is 19.0. The summed E-state index contributed by atoms with van der Waals surface area (Å²) in [5.74, 6) is 9.02. The fraction of sp³-hybridized carbons (Fsp3) is 1.00. The van der Waals surface area contributed by atoms with E-state index in [1.54, 1.807) is 0 Å².